The molecule has 0 saturated carbocycles. The number of hydrogen-bond acceptors (Lipinski definition) is 5. The molecule has 0 atom stereocenters. The number of urea groups is 1. The number of hydrogen-bond donors (Lipinski definition) is 3. The third-order valence-electron chi connectivity index (χ3n) is 3.85. The highest BCUT2D eigenvalue weighted by atomic mass is 16.2. The number of benzene rings is 1. The van der Waals surface area contributed by atoms with E-state index in [2.05, 4.69) is 20.6 Å². The third kappa shape index (κ3) is 3.82. The number of carbonyl (C=O) groups is 3. The van der Waals surface area contributed by atoms with Gasteiger partial charge in [0.15, 0.2) is 0 Å². The van der Waals surface area contributed by atoms with Gasteiger partial charge >= 0.3 is 6.03 Å². The molecule has 0 unspecified atom stereocenters. The van der Waals surface area contributed by atoms with Crippen molar-refractivity contribution in [2.45, 2.75) is 12.8 Å². The van der Waals surface area contributed by atoms with Crippen molar-refractivity contribution in [3.8, 4) is 0 Å². The molecule has 2 heterocycles. The van der Waals surface area contributed by atoms with Crippen molar-refractivity contribution >= 4 is 28.9 Å². The average molecular weight is 343 g/mol. The minimum absolute atomic E-state index is 0.0107. The average Bonchev–Trinajstić information content (AvgIpc) is 2.92. The molecule has 1 fully saturated rings. The first-order chi connectivity index (χ1) is 12.0. The molecular formula is C16H17N5O4. The van der Waals surface area contributed by atoms with E-state index in [1.165, 1.54) is 0 Å². The van der Waals surface area contributed by atoms with Gasteiger partial charge in [-0.25, -0.2) is 9.78 Å². The summed E-state index contributed by atoms with van der Waals surface area (Å²) in [4.78, 5) is 54.7. The van der Waals surface area contributed by atoms with E-state index < -0.39 is 6.03 Å². The van der Waals surface area contributed by atoms with Crippen LogP contribution in [0.1, 0.15) is 12.1 Å². The van der Waals surface area contributed by atoms with Crippen LogP contribution in [0.4, 0.5) is 4.79 Å². The van der Waals surface area contributed by atoms with Crippen LogP contribution in [0.15, 0.2) is 29.1 Å². The van der Waals surface area contributed by atoms with Crippen LogP contribution in [0.2, 0.25) is 0 Å². The summed E-state index contributed by atoms with van der Waals surface area (Å²) in [6.07, 6.45) is 0.295. The van der Waals surface area contributed by atoms with Gasteiger partial charge < -0.3 is 15.6 Å². The second kappa shape index (κ2) is 7.12. The fourth-order valence-electron chi connectivity index (χ4n) is 2.55. The van der Waals surface area contributed by atoms with Crippen LogP contribution in [0.5, 0.6) is 0 Å². The minimum atomic E-state index is -0.453. The molecule has 0 bridgehead atoms. The highest BCUT2D eigenvalue weighted by Crippen LogP contribution is 2.06. The second-order valence-corrected chi connectivity index (χ2v) is 5.58. The molecule has 1 aromatic carbocycles. The molecule has 1 saturated heterocycles. The summed E-state index contributed by atoms with van der Waals surface area (Å²) in [5.41, 5.74) is 1.29. The van der Waals surface area contributed by atoms with Crippen LogP contribution in [-0.2, 0) is 16.0 Å². The van der Waals surface area contributed by atoms with Gasteiger partial charge in [-0.3, -0.25) is 19.3 Å². The summed E-state index contributed by atoms with van der Waals surface area (Å²) in [6, 6.07) is 6.72. The van der Waals surface area contributed by atoms with E-state index >= 15 is 0 Å². The standard InChI is InChI=1S/C16H17N5O4/c22-13(17-7-8-21-14(23)9-18-16(21)25)6-5-12-15(24)20-11-4-2-1-3-10(11)19-12/h1-4H,5-9H2,(H,17,22)(H,18,25)(H,20,24). The lowest BCUT2D eigenvalue weighted by Crippen LogP contribution is -2.38. The van der Waals surface area contributed by atoms with E-state index in [4.69, 9.17) is 0 Å². The molecule has 2 aromatic rings. The van der Waals surface area contributed by atoms with Crippen LogP contribution in [0.3, 0.4) is 0 Å². The molecule has 3 N–H and O–H groups in total. The van der Waals surface area contributed by atoms with Gasteiger partial charge in [0.05, 0.1) is 17.6 Å². The quantitative estimate of drug-likeness (QED) is 0.611. The Kier molecular flexibility index (Phi) is 4.73. The summed E-state index contributed by atoms with van der Waals surface area (Å²) in [5, 5.41) is 5.03. The Bertz CT molecular complexity index is 875. The molecule has 25 heavy (non-hydrogen) atoms. The van der Waals surface area contributed by atoms with E-state index in [9.17, 15) is 19.2 Å². The molecule has 9 nitrogen and oxygen atoms in total. The molecule has 0 radical (unpaired) electrons. The fourth-order valence-corrected chi connectivity index (χ4v) is 2.55. The van der Waals surface area contributed by atoms with Gasteiger partial charge in [0.2, 0.25) is 11.8 Å². The summed E-state index contributed by atoms with van der Waals surface area (Å²) in [7, 11) is 0. The van der Waals surface area contributed by atoms with E-state index in [0.29, 0.717) is 16.7 Å². The van der Waals surface area contributed by atoms with Crippen molar-refractivity contribution < 1.29 is 14.4 Å². The predicted molar refractivity (Wildman–Crippen MR) is 88.8 cm³/mol. The number of nitrogens with zero attached hydrogens (tertiary/aromatic N) is 2. The smallest absolute Gasteiger partial charge is 0.324 e. The van der Waals surface area contributed by atoms with Gasteiger partial charge in [0.1, 0.15) is 5.69 Å². The van der Waals surface area contributed by atoms with Gasteiger partial charge in [-0.05, 0) is 12.1 Å². The van der Waals surface area contributed by atoms with Gasteiger partial charge in [-0.2, -0.15) is 0 Å². The molecule has 1 aromatic heterocycles. The Morgan fingerprint density at radius 1 is 1.24 bits per heavy atom. The van der Waals surface area contributed by atoms with E-state index in [-0.39, 0.29) is 49.8 Å². The van der Waals surface area contributed by atoms with Gasteiger partial charge in [-0.15, -0.1) is 0 Å². The van der Waals surface area contributed by atoms with Crippen molar-refractivity contribution in [3.05, 3.63) is 40.3 Å². The number of nitrogens with one attached hydrogen (secondary N) is 3. The summed E-state index contributed by atoms with van der Waals surface area (Å²) in [5.74, 6) is -0.590. The van der Waals surface area contributed by atoms with E-state index in [1.54, 1.807) is 18.2 Å². The van der Waals surface area contributed by atoms with Crippen molar-refractivity contribution in [1.29, 1.82) is 0 Å². The third-order valence-corrected chi connectivity index (χ3v) is 3.85. The summed E-state index contributed by atoms with van der Waals surface area (Å²) in [6.45, 7) is 0.272. The first kappa shape index (κ1) is 16.6. The Hall–Kier alpha value is -3.23. The summed E-state index contributed by atoms with van der Waals surface area (Å²) >= 11 is 0. The fraction of sp³-hybridized carbons (Fsp3) is 0.312. The maximum atomic E-state index is 12.0. The van der Waals surface area contributed by atoms with Crippen LogP contribution in [-0.4, -0.2) is 52.3 Å². The Morgan fingerprint density at radius 3 is 2.80 bits per heavy atom. The molecule has 9 heteroatoms. The molecule has 3 rings (SSSR count). The lowest BCUT2D eigenvalue weighted by atomic mass is 10.2. The van der Waals surface area contributed by atoms with E-state index in [1.807, 2.05) is 6.07 Å². The van der Waals surface area contributed by atoms with E-state index in [0.717, 1.165) is 4.90 Å². The molecule has 130 valence electrons. The highest BCUT2D eigenvalue weighted by Gasteiger charge is 2.27. The number of fused-ring (bicyclic) bond motifs is 1. The van der Waals surface area contributed by atoms with Crippen LogP contribution in [0.25, 0.3) is 11.0 Å². The lowest BCUT2D eigenvalue weighted by molar-refractivity contribution is -0.126. The molecule has 1 aliphatic rings. The first-order valence-electron chi connectivity index (χ1n) is 7.87. The van der Waals surface area contributed by atoms with Crippen LogP contribution >= 0.6 is 0 Å². The number of aromatic amines is 1. The monoisotopic (exact) mass is 343 g/mol. The molecule has 1 aliphatic heterocycles. The number of rotatable bonds is 6. The number of aryl methyl sites for hydroxylation is 1. The number of carbonyl (C=O) groups excluding carboxylic acids is 3. The zero-order valence-corrected chi connectivity index (χ0v) is 13.4. The second-order valence-electron chi connectivity index (χ2n) is 5.58. The Morgan fingerprint density at radius 2 is 2.04 bits per heavy atom. The topological polar surface area (TPSA) is 124 Å². The number of H-pyrrole nitrogens is 1. The maximum Gasteiger partial charge on any atom is 0.324 e. The SMILES string of the molecule is O=C(CCc1nc2ccccc2[nH]c1=O)NCCN1C(=O)CNC1=O. The van der Waals surface area contributed by atoms with Gasteiger partial charge in [0, 0.05) is 25.9 Å². The van der Waals surface area contributed by atoms with Gasteiger partial charge in [0.25, 0.3) is 5.56 Å². The summed E-state index contributed by atoms with van der Waals surface area (Å²) < 4.78 is 0. The first-order valence-corrected chi connectivity index (χ1v) is 7.87. The van der Waals surface area contributed by atoms with Crippen LogP contribution in [0, 0.1) is 0 Å². The number of imide groups is 1. The normalized spacial score (nSPS) is 14.0. The number of aromatic nitrogens is 2. The molecule has 0 aliphatic carbocycles. The zero-order valence-electron chi connectivity index (χ0n) is 13.4. The van der Waals surface area contributed by atoms with Crippen molar-refractivity contribution in [1.82, 2.24) is 25.5 Å². The minimum Gasteiger partial charge on any atom is -0.354 e. The predicted octanol–water partition coefficient (Wildman–Crippen LogP) is -0.476. The number of para-hydroxylation sites is 2. The molecular weight excluding hydrogens is 326 g/mol. The number of amides is 4. The van der Waals surface area contributed by atoms with Crippen molar-refractivity contribution in [2.24, 2.45) is 0 Å². The maximum absolute atomic E-state index is 12.0. The van der Waals surface area contributed by atoms with Gasteiger partial charge in [-0.1, -0.05) is 12.1 Å². The van der Waals surface area contributed by atoms with Crippen molar-refractivity contribution in [3.63, 3.8) is 0 Å². The largest absolute Gasteiger partial charge is 0.354 e. The van der Waals surface area contributed by atoms with Crippen LogP contribution < -0.4 is 16.2 Å². The molecule has 0 spiro atoms. The molecule has 4 amide bonds. The Balaban J connectivity index is 1.51. The zero-order chi connectivity index (χ0) is 17.8. The highest BCUT2D eigenvalue weighted by molar-refractivity contribution is 6.01. The Labute approximate surface area is 142 Å². The van der Waals surface area contributed by atoms with Crippen molar-refractivity contribution in [2.75, 3.05) is 19.6 Å². The lowest BCUT2D eigenvalue weighted by Gasteiger charge is -2.12.